The molecule has 2 aromatic rings. The summed E-state index contributed by atoms with van der Waals surface area (Å²) in [6.45, 7) is 6.23. The maximum atomic E-state index is 13.1. The molecule has 1 atom stereocenters. The monoisotopic (exact) mass is 386 g/mol. The van der Waals surface area contributed by atoms with Crippen LogP contribution in [0.3, 0.4) is 0 Å². The summed E-state index contributed by atoms with van der Waals surface area (Å²) in [4.78, 5) is 14.8. The van der Waals surface area contributed by atoms with Gasteiger partial charge in [-0.2, -0.15) is 0 Å². The lowest BCUT2D eigenvalue weighted by molar-refractivity contribution is 0.0942. The van der Waals surface area contributed by atoms with Crippen LogP contribution in [-0.4, -0.2) is 53.6 Å². The highest BCUT2D eigenvalue weighted by molar-refractivity contribution is 5.93. The zero-order chi connectivity index (χ0) is 19.5. The summed E-state index contributed by atoms with van der Waals surface area (Å²) in [6.07, 6.45) is 3.01. The molecule has 0 spiro atoms. The van der Waals surface area contributed by atoms with E-state index in [9.17, 15) is 9.18 Å². The smallest absolute Gasteiger partial charge is 0.273 e. The van der Waals surface area contributed by atoms with E-state index in [-0.39, 0.29) is 11.7 Å². The Morgan fingerprint density at radius 3 is 2.75 bits per heavy atom. The number of nitrogens with one attached hydrogen (secondary N) is 2. The van der Waals surface area contributed by atoms with Gasteiger partial charge >= 0.3 is 0 Å². The van der Waals surface area contributed by atoms with Crippen molar-refractivity contribution < 1.29 is 9.18 Å². The number of nitrogens with zero attached hydrogens (tertiary/aromatic N) is 4. The number of piperidine rings is 1. The highest BCUT2D eigenvalue weighted by Gasteiger charge is 2.26. The van der Waals surface area contributed by atoms with Crippen LogP contribution in [0.5, 0.6) is 0 Å². The Balaban J connectivity index is 1.31. The van der Waals surface area contributed by atoms with Crippen molar-refractivity contribution in [3.8, 4) is 0 Å². The summed E-state index contributed by atoms with van der Waals surface area (Å²) in [5.74, 6) is -0.00800. The molecule has 1 aromatic carbocycles. The van der Waals surface area contributed by atoms with Crippen LogP contribution in [0.25, 0.3) is 0 Å². The van der Waals surface area contributed by atoms with Crippen LogP contribution in [0.1, 0.15) is 41.5 Å². The second-order valence-corrected chi connectivity index (χ2v) is 7.74. The van der Waals surface area contributed by atoms with Crippen molar-refractivity contribution in [1.29, 1.82) is 0 Å². The predicted molar refractivity (Wildman–Crippen MR) is 105 cm³/mol. The van der Waals surface area contributed by atoms with E-state index in [1.807, 2.05) is 11.6 Å². The molecular formula is C20H27FN6O. The highest BCUT2D eigenvalue weighted by Crippen LogP contribution is 2.24. The normalized spacial score (nSPS) is 20.5. The third-order valence-corrected chi connectivity index (χ3v) is 5.83. The number of hydrogen-bond donors (Lipinski definition) is 2. The predicted octanol–water partition coefficient (Wildman–Crippen LogP) is 1.91. The van der Waals surface area contributed by atoms with Gasteiger partial charge in [-0.1, -0.05) is 5.21 Å². The van der Waals surface area contributed by atoms with Gasteiger partial charge in [-0.05, 0) is 69.5 Å². The van der Waals surface area contributed by atoms with E-state index in [1.54, 1.807) is 12.1 Å². The summed E-state index contributed by atoms with van der Waals surface area (Å²) in [6, 6.07) is 6.89. The van der Waals surface area contributed by atoms with Gasteiger partial charge in [-0.25, -0.2) is 9.07 Å². The fourth-order valence-corrected chi connectivity index (χ4v) is 4.16. The summed E-state index contributed by atoms with van der Waals surface area (Å²) in [5, 5.41) is 14.7. The number of aromatic nitrogens is 3. The first-order valence-corrected chi connectivity index (χ1v) is 10.0. The minimum atomic E-state index is -0.223. The fourth-order valence-electron chi connectivity index (χ4n) is 4.16. The van der Waals surface area contributed by atoms with Gasteiger partial charge in [-0.15, -0.1) is 5.10 Å². The van der Waals surface area contributed by atoms with E-state index in [1.165, 1.54) is 12.1 Å². The molecule has 1 unspecified atom stereocenters. The average molecular weight is 386 g/mol. The number of anilines is 1. The van der Waals surface area contributed by atoms with Crippen LogP contribution in [0, 0.1) is 18.7 Å². The molecule has 7 nitrogen and oxygen atoms in total. The molecule has 2 aliphatic heterocycles. The number of benzene rings is 1. The lowest BCUT2D eigenvalue weighted by Gasteiger charge is -2.23. The minimum Gasteiger partial charge on any atom is -0.371 e. The van der Waals surface area contributed by atoms with Crippen LogP contribution in [-0.2, 0) is 0 Å². The second-order valence-electron chi connectivity index (χ2n) is 7.74. The molecule has 0 bridgehead atoms. The van der Waals surface area contributed by atoms with E-state index in [0.29, 0.717) is 24.2 Å². The van der Waals surface area contributed by atoms with Crippen molar-refractivity contribution >= 4 is 11.6 Å². The molecular weight excluding hydrogens is 359 g/mol. The van der Waals surface area contributed by atoms with Crippen LogP contribution in [0.2, 0.25) is 0 Å². The molecule has 0 radical (unpaired) electrons. The Morgan fingerprint density at radius 2 is 2.00 bits per heavy atom. The molecule has 0 aliphatic carbocycles. The van der Waals surface area contributed by atoms with Crippen LogP contribution >= 0.6 is 0 Å². The molecule has 28 heavy (non-hydrogen) atoms. The van der Waals surface area contributed by atoms with Crippen molar-refractivity contribution in [2.45, 2.75) is 32.2 Å². The van der Waals surface area contributed by atoms with E-state index in [0.717, 1.165) is 56.8 Å². The van der Waals surface area contributed by atoms with Crippen molar-refractivity contribution in [3.63, 3.8) is 0 Å². The van der Waals surface area contributed by atoms with Crippen molar-refractivity contribution in [2.75, 3.05) is 37.6 Å². The van der Waals surface area contributed by atoms with E-state index >= 15 is 0 Å². The molecule has 3 heterocycles. The van der Waals surface area contributed by atoms with E-state index < -0.39 is 0 Å². The van der Waals surface area contributed by atoms with Gasteiger partial charge in [0.1, 0.15) is 5.82 Å². The topological polar surface area (TPSA) is 75.1 Å². The van der Waals surface area contributed by atoms with Gasteiger partial charge in [0.2, 0.25) is 0 Å². The lowest BCUT2D eigenvalue weighted by atomic mass is 10.1. The Bertz CT molecular complexity index is 815. The Kier molecular flexibility index (Phi) is 5.57. The fraction of sp³-hybridized carbons (Fsp3) is 0.550. The Morgan fingerprint density at radius 1 is 1.25 bits per heavy atom. The summed E-state index contributed by atoms with van der Waals surface area (Å²) >= 11 is 0. The first-order valence-electron chi connectivity index (χ1n) is 10.0. The van der Waals surface area contributed by atoms with Gasteiger partial charge in [-0.3, -0.25) is 4.79 Å². The first-order chi connectivity index (χ1) is 13.6. The van der Waals surface area contributed by atoms with Crippen molar-refractivity contribution in [2.24, 2.45) is 5.92 Å². The van der Waals surface area contributed by atoms with Gasteiger partial charge < -0.3 is 15.5 Å². The van der Waals surface area contributed by atoms with Gasteiger partial charge in [0.25, 0.3) is 5.91 Å². The van der Waals surface area contributed by atoms with E-state index in [4.69, 9.17) is 0 Å². The van der Waals surface area contributed by atoms with Gasteiger partial charge in [0.15, 0.2) is 5.69 Å². The van der Waals surface area contributed by atoms with Crippen molar-refractivity contribution in [3.05, 3.63) is 41.5 Å². The number of carbonyl (C=O) groups excluding carboxylic acids is 1. The maximum absolute atomic E-state index is 13.1. The van der Waals surface area contributed by atoms with Crippen LogP contribution in [0.4, 0.5) is 10.1 Å². The molecule has 1 amide bonds. The Labute approximate surface area is 164 Å². The quantitative estimate of drug-likeness (QED) is 0.821. The molecule has 0 saturated carbocycles. The maximum Gasteiger partial charge on any atom is 0.273 e. The van der Waals surface area contributed by atoms with E-state index in [2.05, 4.69) is 25.8 Å². The first kappa shape index (κ1) is 18.9. The zero-order valence-electron chi connectivity index (χ0n) is 16.2. The third-order valence-electron chi connectivity index (χ3n) is 5.83. The number of halogens is 1. The number of rotatable bonds is 5. The van der Waals surface area contributed by atoms with Gasteiger partial charge in [0, 0.05) is 25.3 Å². The molecule has 2 fully saturated rings. The summed E-state index contributed by atoms with van der Waals surface area (Å²) in [7, 11) is 0. The minimum absolute atomic E-state index is 0.155. The van der Waals surface area contributed by atoms with Crippen LogP contribution < -0.4 is 15.5 Å². The molecule has 150 valence electrons. The molecule has 2 N–H and O–H groups in total. The number of amides is 1. The molecule has 8 heteroatoms. The summed E-state index contributed by atoms with van der Waals surface area (Å²) in [5.41, 5.74) is 2.28. The second kappa shape index (κ2) is 8.26. The SMILES string of the molecule is Cc1c(C(=O)NCC2CCN(c3ccc(F)cc3)C2)nnn1C1CCNCC1. The van der Waals surface area contributed by atoms with Crippen LogP contribution in [0.15, 0.2) is 24.3 Å². The highest BCUT2D eigenvalue weighted by atomic mass is 19.1. The molecule has 4 rings (SSSR count). The van der Waals surface area contributed by atoms with Crippen molar-refractivity contribution in [1.82, 2.24) is 25.6 Å². The number of hydrogen-bond acceptors (Lipinski definition) is 5. The Hall–Kier alpha value is -2.48. The molecule has 1 aromatic heterocycles. The standard InChI is InChI=1S/C20H27FN6O/c1-14-19(24-25-27(14)18-6-9-22-10-7-18)20(28)23-12-15-8-11-26(13-15)17-4-2-16(21)3-5-17/h2-5,15,18,22H,6-13H2,1H3,(H,23,28). The summed E-state index contributed by atoms with van der Waals surface area (Å²) < 4.78 is 15.0. The van der Waals surface area contributed by atoms with Gasteiger partial charge in [0.05, 0.1) is 11.7 Å². The lowest BCUT2D eigenvalue weighted by Crippen LogP contribution is -2.32. The third kappa shape index (κ3) is 4.01. The largest absolute Gasteiger partial charge is 0.371 e. The zero-order valence-corrected chi connectivity index (χ0v) is 16.2. The number of carbonyl (C=O) groups is 1. The average Bonchev–Trinajstić information content (AvgIpc) is 3.34. The molecule has 2 aliphatic rings. The molecule has 2 saturated heterocycles.